The van der Waals surface area contributed by atoms with E-state index in [1.165, 1.54) is 6.07 Å². The van der Waals surface area contributed by atoms with E-state index in [1.54, 1.807) is 19.1 Å². The van der Waals surface area contributed by atoms with Crippen molar-refractivity contribution >= 4 is 28.2 Å². The van der Waals surface area contributed by atoms with E-state index < -0.39 is 0 Å². The van der Waals surface area contributed by atoms with Gasteiger partial charge in [0.2, 0.25) is 0 Å². The number of hydrogen-bond acceptors (Lipinski definition) is 2. The maximum Gasteiger partial charge on any atom is 0.152 e. The van der Waals surface area contributed by atoms with Crippen molar-refractivity contribution in [2.24, 2.45) is 0 Å². The van der Waals surface area contributed by atoms with Crippen LogP contribution in [0.25, 0.3) is 10.9 Å². The summed E-state index contributed by atoms with van der Waals surface area (Å²) in [6.45, 7) is 1.66. The van der Waals surface area contributed by atoms with Gasteiger partial charge in [-0.2, -0.15) is 0 Å². The van der Waals surface area contributed by atoms with Gasteiger partial charge >= 0.3 is 0 Å². The number of fused-ring (bicyclic) bond motifs is 1. The fourth-order valence-corrected chi connectivity index (χ4v) is 1.49. The summed E-state index contributed by atoms with van der Waals surface area (Å²) in [5.74, 6) is -0.286. The number of benzene rings is 1. The molecule has 0 aliphatic rings. The maximum absolute atomic E-state index is 13.2. The van der Waals surface area contributed by atoms with Crippen molar-refractivity contribution in [2.75, 3.05) is 5.73 Å². The molecule has 0 spiro atoms. The van der Waals surface area contributed by atoms with Gasteiger partial charge in [0.15, 0.2) is 5.15 Å². The molecule has 0 saturated heterocycles. The van der Waals surface area contributed by atoms with Crippen molar-refractivity contribution in [3.05, 3.63) is 34.7 Å². The summed E-state index contributed by atoms with van der Waals surface area (Å²) >= 11 is 5.75. The Morgan fingerprint density at radius 3 is 2.86 bits per heavy atom. The van der Waals surface area contributed by atoms with E-state index in [0.717, 1.165) is 5.39 Å². The SMILES string of the molecule is Cc1c(F)ccc2cc(N)c(Cl)nc12. The van der Waals surface area contributed by atoms with Crippen molar-refractivity contribution in [1.29, 1.82) is 0 Å². The van der Waals surface area contributed by atoms with E-state index in [0.29, 0.717) is 16.8 Å². The first-order chi connectivity index (χ1) is 6.59. The van der Waals surface area contributed by atoms with Gasteiger partial charge in [0.05, 0.1) is 11.2 Å². The standard InChI is InChI=1S/C10H8ClFN2/c1-5-7(12)3-2-6-4-8(13)10(11)14-9(5)6/h2-4H,13H2,1H3. The van der Waals surface area contributed by atoms with E-state index in [4.69, 9.17) is 17.3 Å². The van der Waals surface area contributed by atoms with Crippen LogP contribution in [-0.4, -0.2) is 4.98 Å². The number of halogens is 2. The maximum atomic E-state index is 13.2. The lowest BCUT2D eigenvalue weighted by Crippen LogP contribution is -1.93. The van der Waals surface area contributed by atoms with Crippen LogP contribution in [0.4, 0.5) is 10.1 Å². The Bertz CT molecular complexity index is 511. The number of nitrogen functional groups attached to an aromatic ring is 1. The molecule has 0 unspecified atom stereocenters. The second-order valence-electron chi connectivity index (χ2n) is 3.11. The lowest BCUT2D eigenvalue weighted by molar-refractivity contribution is 0.620. The summed E-state index contributed by atoms with van der Waals surface area (Å²) in [4.78, 5) is 4.04. The summed E-state index contributed by atoms with van der Waals surface area (Å²) in [6, 6.07) is 4.72. The molecule has 1 aromatic heterocycles. The minimum atomic E-state index is -0.286. The van der Waals surface area contributed by atoms with Gasteiger partial charge < -0.3 is 5.73 Å². The summed E-state index contributed by atoms with van der Waals surface area (Å²) in [5, 5.41) is 1.01. The van der Waals surface area contributed by atoms with Gasteiger partial charge in [-0.25, -0.2) is 9.37 Å². The van der Waals surface area contributed by atoms with Crippen LogP contribution in [-0.2, 0) is 0 Å². The lowest BCUT2D eigenvalue weighted by atomic mass is 10.1. The summed E-state index contributed by atoms with van der Waals surface area (Å²) in [5.41, 5.74) is 7.04. The van der Waals surface area contributed by atoms with Crippen molar-refractivity contribution in [1.82, 2.24) is 4.98 Å². The highest BCUT2D eigenvalue weighted by Gasteiger charge is 2.07. The van der Waals surface area contributed by atoms with Crippen LogP contribution in [0.2, 0.25) is 5.15 Å². The fourth-order valence-electron chi connectivity index (χ4n) is 1.35. The molecule has 0 saturated carbocycles. The molecular weight excluding hydrogens is 203 g/mol. The number of nitrogens with zero attached hydrogens (tertiary/aromatic N) is 1. The molecule has 2 N–H and O–H groups in total. The van der Waals surface area contributed by atoms with Gasteiger partial charge in [-0.05, 0) is 25.1 Å². The van der Waals surface area contributed by atoms with Crippen molar-refractivity contribution in [3.8, 4) is 0 Å². The largest absolute Gasteiger partial charge is 0.396 e. The number of anilines is 1. The highest BCUT2D eigenvalue weighted by molar-refractivity contribution is 6.32. The molecule has 1 heterocycles. The molecule has 0 bridgehead atoms. The Morgan fingerprint density at radius 2 is 2.14 bits per heavy atom. The van der Waals surface area contributed by atoms with Gasteiger partial charge in [0, 0.05) is 10.9 Å². The number of rotatable bonds is 0. The first-order valence-electron chi connectivity index (χ1n) is 4.10. The average molecular weight is 211 g/mol. The summed E-state index contributed by atoms with van der Waals surface area (Å²) < 4.78 is 13.2. The molecular formula is C10H8ClFN2. The Balaban J connectivity index is 2.89. The molecule has 2 rings (SSSR count). The molecule has 0 aliphatic heterocycles. The molecule has 0 radical (unpaired) electrons. The minimum absolute atomic E-state index is 0.214. The number of pyridine rings is 1. The monoisotopic (exact) mass is 210 g/mol. The highest BCUT2D eigenvalue weighted by atomic mass is 35.5. The highest BCUT2D eigenvalue weighted by Crippen LogP contribution is 2.25. The van der Waals surface area contributed by atoms with Crippen molar-refractivity contribution in [3.63, 3.8) is 0 Å². The first kappa shape index (κ1) is 9.21. The van der Waals surface area contributed by atoms with Crippen LogP contribution in [0.3, 0.4) is 0 Å². The van der Waals surface area contributed by atoms with E-state index >= 15 is 0 Å². The van der Waals surface area contributed by atoms with Crippen LogP contribution in [0, 0.1) is 12.7 Å². The van der Waals surface area contributed by atoms with Crippen LogP contribution in [0.1, 0.15) is 5.56 Å². The Hall–Kier alpha value is -1.35. The number of nitrogens with two attached hydrogens (primary N) is 1. The smallest absolute Gasteiger partial charge is 0.152 e. The zero-order chi connectivity index (χ0) is 10.3. The van der Waals surface area contributed by atoms with E-state index in [1.807, 2.05) is 0 Å². The predicted octanol–water partition coefficient (Wildman–Crippen LogP) is 2.92. The minimum Gasteiger partial charge on any atom is -0.396 e. The fraction of sp³-hybridized carbons (Fsp3) is 0.100. The molecule has 0 atom stereocenters. The van der Waals surface area contributed by atoms with Crippen LogP contribution >= 0.6 is 11.6 Å². The van der Waals surface area contributed by atoms with Crippen LogP contribution in [0.15, 0.2) is 18.2 Å². The third-order valence-corrected chi connectivity index (χ3v) is 2.46. The molecule has 1 aromatic carbocycles. The number of aryl methyl sites for hydroxylation is 1. The lowest BCUT2D eigenvalue weighted by Gasteiger charge is -2.04. The predicted molar refractivity (Wildman–Crippen MR) is 55.9 cm³/mol. The van der Waals surface area contributed by atoms with E-state index in [-0.39, 0.29) is 11.0 Å². The Morgan fingerprint density at radius 1 is 1.43 bits per heavy atom. The molecule has 4 heteroatoms. The van der Waals surface area contributed by atoms with Crippen molar-refractivity contribution in [2.45, 2.75) is 6.92 Å². The first-order valence-corrected chi connectivity index (χ1v) is 4.48. The molecule has 0 aliphatic carbocycles. The van der Waals surface area contributed by atoms with Crippen LogP contribution < -0.4 is 5.73 Å². The summed E-state index contributed by atoms with van der Waals surface area (Å²) in [7, 11) is 0. The van der Waals surface area contributed by atoms with E-state index in [9.17, 15) is 4.39 Å². The summed E-state index contributed by atoms with van der Waals surface area (Å²) in [6.07, 6.45) is 0. The third kappa shape index (κ3) is 1.30. The van der Waals surface area contributed by atoms with Gasteiger partial charge in [-0.15, -0.1) is 0 Å². The Kier molecular flexibility index (Phi) is 2.04. The topological polar surface area (TPSA) is 38.9 Å². The van der Waals surface area contributed by atoms with Gasteiger partial charge in [-0.1, -0.05) is 11.6 Å². The second-order valence-corrected chi connectivity index (χ2v) is 3.47. The average Bonchev–Trinajstić information content (AvgIpc) is 2.15. The molecule has 72 valence electrons. The molecule has 2 aromatic rings. The molecule has 14 heavy (non-hydrogen) atoms. The molecule has 2 nitrogen and oxygen atoms in total. The van der Waals surface area contributed by atoms with Gasteiger partial charge in [-0.3, -0.25) is 0 Å². The third-order valence-electron chi connectivity index (χ3n) is 2.16. The normalized spacial score (nSPS) is 10.8. The quantitative estimate of drug-likeness (QED) is 0.679. The number of hydrogen-bond donors (Lipinski definition) is 1. The van der Waals surface area contributed by atoms with Gasteiger partial charge in [0.1, 0.15) is 5.82 Å². The van der Waals surface area contributed by atoms with Crippen LogP contribution in [0.5, 0.6) is 0 Å². The van der Waals surface area contributed by atoms with Gasteiger partial charge in [0.25, 0.3) is 0 Å². The van der Waals surface area contributed by atoms with E-state index in [2.05, 4.69) is 4.98 Å². The molecule has 0 fully saturated rings. The number of aromatic nitrogens is 1. The second kappa shape index (κ2) is 3.10. The van der Waals surface area contributed by atoms with Crippen molar-refractivity contribution < 1.29 is 4.39 Å². The Labute approximate surface area is 85.5 Å². The zero-order valence-corrected chi connectivity index (χ0v) is 8.27. The zero-order valence-electron chi connectivity index (χ0n) is 7.51. The molecule has 0 amide bonds.